The van der Waals surface area contributed by atoms with Crippen molar-refractivity contribution in [3.05, 3.63) is 6.26 Å². The lowest BCUT2D eigenvalue weighted by atomic mass is 10.1. The molecule has 10 nitrogen and oxygen atoms in total. The average Bonchev–Trinajstić information content (AvgIpc) is 3.01. The molecular formula is C13H18N4O6S2. The fourth-order valence-electron chi connectivity index (χ4n) is 2.35. The number of anilines is 1. The number of rotatable bonds is 4. The zero-order valence-electron chi connectivity index (χ0n) is 13.8. The molecule has 1 aliphatic heterocycles. The first kappa shape index (κ1) is 19.2. The van der Waals surface area contributed by atoms with Gasteiger partial charge < -0.3 is 14.5 Å². The maximum Gasteiger partial charge on any atom is 0.412 e. The summed E-state index contributed by atoms with van der Waals surface area (Å²) in [6, 6.07) is -0.160. The number of amides is 1. The quantitative estimate of drug-likeness (QED) is 0.585. The van der Waals surface area contributed by atoms with E-state index in [9.17, 15) is 18.0 Å². The van der Waals surface area contributed by atoms with Crippen LogP contribution in [-0.2, 0) is 20.0 Å². The second kappa shape index (κ2) is 7.04. The lowest BCUT2D eigenvalue weighted by Crippen LogP contribution is -2.55. The normalized spacial score (nSPS) is 23.2. The number of carbonyl (C=O) groups excluding carboxylic acids is 2. The molecule has 1 amide bonds. The number of carbonyl (C=O) groups is 2. The van der Waals surface area contributed by atoms with Crippen LogP contribution in [0.4, 0.5) is 16.6 Å². The highest BCUT2D eigenvalue weighted by molar-refractivity contribution is 7.81. The topological polar surface area (TPSA) is 131 Å². The lowest BCUT2D eigenvalue weighted by molar-refractivity contribution is -0.115. The molecule has 0 bridgehead atoms. The molecule has 12 heteroatoms. The number of ether oxygens (including phenoxy) is 1. The van der Waals surface area contributed by atoms with Crippen molar-refractivity contribution in [1.29, 1.82) is 0 Å². The third-order valence-electron chi connectivity index (χ3n) is 3.21. The van der Waals surface area contributed by atoms with Crippen LogP contribution in [-0.4, -0.2) is 53.7 Å². The largest absolute Gasteiger partial charge is 0.444 e. The molecule has 1 aromatic rings. The third kappa shape index (κ3) is 4.72. The number of hydrogen-bond donors (Lipinski definition) is 2. The van der Waals surface area contributed by atoms with Crippen LogP contribution in [0, 0.1) is 0 Å². The van der Waals surface area contributed by atoms with Gasteiger partial charge in [0, 0.05) is 18.2 Å². The van der Waals surface area contributed by atoms with E-state index in [2.05, 4.69) is 27.3 Å². The predicted molar refractivity (Wildman–Crippen MR) is 90.3 cm³/mol. The highest BCUT2D eigenvalue weighted by Crippen LogP contribution is 2.33. The number of thiol groups is 1. The molecule has 2 rings (SSSR count). The molecule has 0 unspecified atom stereocenters. The fraction of sp³-hybridized carbons (Fsp3) is 0.615. The Kier molecular flexibility index (Phi) is 5.42. The minimum absolute atomic E-state index is 0.160. The van der Waals surface area contributed by atoms with Crippen molar-refractivity contribution in [2.24, 2.45) is 4.36 Å². The Bertz CT molecular complexity index is 792. The van der Waals surface area contributed by atoms with Gasteiger partial charge in [-0.1, -0.05) is 0 Å². The van der Waals surface area contributed by atoms with Crippen molar-refractivity contribution in [1.82, 2.24) is 9.88 Å². The molecule has 0 aromatic carbocycles. The Hall–Kier alpha value is -2.08. The number of aldehydes is 1. The highest BCUT2D eigenvalue weighted by atomic mass is 32.2. The van der Waals surface area contributed by atoms with E-state index in [4.69, 9.17) is 9.15 Å². The summed E-state index contributed by atoms with van der Waals surface area (Å²) in [6.45, 7) is 5.30. The van der Waals surface area contributed by atoms with Crippen LogP contribution in [0.3, 0.4) is 0 Å². The number of nitrogens with zero attached hydrogens (tertiary/aromatic N) is 3. The number of likely N-dealkylation sites (tertiary alicyclic amines) is 1. The lowest BCUT2D eigenvalue weighted by Gasteiger charge is -2.34. The SMILES string of the molecule is CC(C)(C)OC(=O)N1C[C@@H](S)C[C@]1(C=O)Nc1nc(N=S(=O)=O)co1. The summed E-state index contributed by atoms with van der Waals surface area (Å²) in [7, 11) is -2.69. The van der Waals surface area contributed by atoms with Crippen molar-refractivity contribution in [3.8, 4) is 0 Å². The van der Waals surface area contributed by atoms with Crippen molar-refractivity contribution < 1.29 is 27.2 Å². The minimum Gasteiger partial charge on any atom is -0.444 e. The molecule has 2 atom stereocenters. The zero-order valence-corrected chi connectivity index (χ0v) is 15.5. The van der Waals surface area contributed by atoms with Gasteiger partial charge in [-0.3, -0.25) is 9.69 Å². The molecule has 138 valence electrons. The Morgan fingerprint density at radius 3 is 2.84 bits per heavy atom. The number of hydrogen-bond acceptors (Lipinski definition) is 10. The second-order valence-electron chi connectivity index (χ2n) is 6.44. The van der Waals surface area contributed by atoms with Crippen LogP contribution in [0.1, 0.15) is 27.2 Å². The van der Waals surface area contributed by atoms with E-state index in [0.29, 0.717) is 6.29 Å². The van der Waals surface area contributed by atoms with Gasteiger partial charge >= 0.3 is 16.6 Å². The van der Waals surface area contributed by atoms with Crippen LogP contribution in [0.15, 0.2) is 15.0 Å². The van der Waals surface area contributed by atoms with Crippen molar-refractivity contribution in [2.75, 3.05) is 11.9 Å². The molecule has 0 spiro atoms. The molecule has 0 saturated carbocycles. The predicted octanol–water partition coefficient (Wildman–Crippen LogP) is 1.62. The van der Waals surface area contributed by atoms with Crippen LogP contribution >= 0.6 is 12.6 Å². The first-order chi connectivity index (χ1) is 11.5. The van der Waals surface area contributed by atoms with E-state index in [0.717, 1.165) is 6.26 Å². The molecular weight excluding hydrogens is 372 g/mol. The second-order valence-corrected chi connectivity index (χ2v) is 7.78. The maximum atomic E-state index is 12.4. The Morgan fingerprint density at radius 1 is 1.60 bits per heavy atom. The Morgan fingerprint density at radius 2 is 2.28 bits per heavy atom. The zero-order chi connectivity index (χ0) is 18.8. The molecule has 0 radical (unpaired) electrons. The first-order valence-electron chi connectivity index (χ1n) is 7.24. The van der Waals surface area contributed by atoms with Gasteiger partial charge in [-0.2, -0.15) is 26.0 Å². The monoisotopic (exact) mass is 390 g/mol. The Balaban J connectivity index is 2.29. The standard InChI is InChI=1S/C13H18N4O6S2/c1-12(2,3)23-11(19)17-5-8(24)4-13(17,7-18)15-10-14-9(6-22-10)16-25(20)21/h6-8,24H,4-5H2,1-3H3,(H,14,15)/t8-,13-/m0/s1. The summed E-state index contributed by atoms with van der Waals surface area (Å²) >= 11 is 4.34. The van der Waals surface area contributed by atoms with Gasteiger partial charge in [-0.05, 0) is 20.8 Å². The smallest absolute Gasteiger partial charge is 0.412 e. The molecule has 1 aliphatic rings. The molecule has 1 fully saturated rings. The van der Waals surface area contributed by atoms with Crippen molar-refractivity contribution in [2.45, 2.75) is 43.7 Å². The molecule has 2 heterocycles. The summed E-state index contributed by atoms with van der Waals surface area (Å²) in [5.41, 5.74) is -2.22. The maximum absolute atomic E-state index is 12.4. The summed E-state index contributed by atoms with van der Waals surface area (Å²) < 4.78 is 34.7. The molecule has 25 heavy (non-hydrogen) atoms. The van der Waals surface area contributed by atoms with Crippen LogP contribution in [0.2, 0.25) is 0 Å². The van der Waals surface area contributed by atoms with E-state index in [1.807, 2.05) is 0 Å². The van der Waals surface area contributed by atoms with E-state index >= 15 is 0 Å². The van der Waals surface area contributed by atoms with E-state index < -0.39 is 27.9 Å². The van der Waals surface area contributed by atoms with E-state index in [1.165, 1.54) is 4.90 Å². The van der Waals surface area contributed by atoms with Crippen molar-refractivity contribution >= 4 is 47.3 Å². The van der Waals surface area contributed by atoms with Crippen molar-refractivity contribution in [3.63, 3.8) is 0 Å². The summed E-state index contributed by atoms with van der Waals surface area (Å²) in [6.07, 6.45) is 1.03. The van der Waals surface area contributed by atoms with Gasteiger partial charge in [0.05, 0.1) is 0 Å². The molecule has 1 aromatic heterocycles. The third-order valence-corrected chi connectivity index (χ3v) is 3.90. The summed E-state index contributed by atoms with van der Waals surface area (Å²) in [5.74, 6) is -0.193. The van der Waals surface area contributed by atoms with Gasteiger partial charge in [0.15, 0.2) is 11.9 Å². The van der Waals surface area contributed by atoms with Gasteiger partial charge in [-0.25, -0.2) is 4.79 Å². The van der Waals surface area contributed by atoms with Gasteiger partial charge in [-0.15, -0.1) is 4.36 Å². The first-order valence-corrected chi connectivity index (χ1v) is 8.79. The average molecular weight is 390 g/mol. The summed E-state index contributed by atoms with van der Waals surface area (Å²) in [4.78, 5) is 29.3. The van der Waals surface area contributed by atoms with Crippen LogP contribution in [0.5, 0.6) is 0 Å². The fourth-order valence-corrected chi connectivity index (χ4v) is 3.03. The number of oxazole rings is 1. The number of aromatic nitrogens is 1. The van der Waals surface area contributed by atoms with Crippen LogP contribution < -0.4 is 5.32 Å². The Labute approximate surface area is 151 Å². The highest BCUT2D eigenvalue weighted by Gasteiger charge is 2.49. The van der Waals surface area contributed by atoms with Gasteiger partial charge in [0.25, 0.3) is 6.01 Å². The van der Waals surface area contributed by atoms with E-state index in [-0.39, 0.29) is 30.0 Å². The van der Waals surface area contributed by atoms with Gasteiger partial charge in [0.1, 0.15) is 11.9 Å². The minimum atomic E-state index is -2.69. The van der Waals surface area contributed by atoms with Gasteiger partial charge in [0.2, 0.25) is 5.82 Å². The van der Waals surface area contributed by atoms with E-state index in [1.54, 1.807) is 20.8 Å². The molecule has 0 aliphatic carbocycles. The molecule has 1 saturated heterocycles. The van der Waals surface area contributed by atoms with Crippen LogP contribution in [0.25, 0.3) is 0 Å². The molecule has 1 N–H and O–H groups in total. The number of nitrogens with one attached hydrogen (secondary N) is 1. The summed E-state index contributed by atoms with van der Waals surface area (Å²) in [5, 5.41) is 2.44.